The van der Waals surface area contributed by atoms with Crippen molar-refractivity contribution in [3.8, 4) is 17.1 Å². The van der Waals surface area contributed by atoms with Gasteiger partial charge in [-0.3, -0.25) is 4.79 Å². The molecule has 5 rings (SSSR count). The number of nitrogens with zero attached hydrogens (tertiary/aromatic N) is 3. The van der Waals surface area contributed by atoms with Crippen molar-refractivity contribution in [2.24, 2.45) is 0 Å². The van der Waals surface area contributed by atoms with Gasteiger partial charge in [-0.15, -0.1) is 5.10 Å². The molecule has 0 bridgehead atoms. The van der Waals surface area contributed by atoms with E-state index in [4.69, 9.17) is 0 Å². The van der Waals surface area contributed by atoms with Crippen LogP contribution in [-0.2, 0) is 6.42 Å². The third-order valence-corrected chi connectivity index (χ3v) is 5.76. The molecule has 0 spiro atoms. The van der Waals surface area contributed by atoms with Gasteiger partial charge in [0.1, 0.15) is 0 Å². The van der Waals surface area contributed by atoms with Crippen LogP contribution in [0.5, 0.6) is 0 Å². The van der Waals surface area contributed by atoms with Gasteiger partial charge in [-0.1, -0.05) is 66.7 Å². The van der Waals surface area contributed by atoms with Gasteiger partial charge in [0.2, 0.25) is 5.82 Å². The molecule has 1 N–H and O–H groups in total. The standard InChI is InChI=1S/C26H24N4O/c1-18-9-7-14-21(17-18)30-25(20-11-3-2-4-12-20)28-24(29-30)26(31)27-23-16-8-13-19-10-5-6-15-22(19)23/h2-7,9-12,14-15,17,23H,8,13,16H2,1H3,(H,27,31). The average molecular weight is 409 g/mol. The minimum absolute atomic E-state index is 0.0106. The van der Waals surface area contributed by atoms with E-state index in [-0.39, 0.29) is 17.8 Å². The van der Waals surface area contributed by atoms with E-state index >= 15 is 0 Å². The number of carbonyl (C=O) groups is 1. The third kappa shape index (κ3) is 3.87. The summed E-state index contributed by atoms with van der Waals surface area (Å²) >= 11 is 0. The van der Waals surface area contributed by atoms with Gasteiger partial charge < -0.3 is 5.32 Å². The van der Waals surface area contributed by atoms with E-state index in [1.54, 1.807) is 4.68 Å². The summed E-state index contributed by atoms with van der Waals surface area (Å²) in [4.78, 5) is 17.8. The first kappa shape index (κ1) is 19.2. The number of rotatable bonds is 4. The zero-order chi connectivity index (χ0) is 21.2. The topological polar surface area (TPSA) is 59.8 Å². The molecule has 1 unspecified atom stereocenters. The number of hydrogen-bond acceptors (Lipinski definition) is 3. The fourth-order valence-corrected chi connectivity index (χ4v) is 4.25. The highest BCUT2D eigenvalue weighted by atomic mass is 16.2. The molecule has 5 nitrogen and oxygen atoms in total. The molecule has 31 heavy (non-hydrogen) atoms. The van der Waals surface area contributed by atoms with Crippen molar-refractivity contribution >= 4 is 5.91 Å². The largest absolute Gasteiger partial charge is 0.342 e. The predicted molar refractivity (Wildman–Crippen MR) is 121 cm³/mol. The van der Waals surface area contributed by atoms with Gasteiger partial charge in [-0.25, -0.2) is 9.67 Å². The van der Waals surface area contributed by atoms with Gasteiger partial charge in [0.05, 0.1) is 11.7 Å². The van der Waals surface area contributed by atoms with Crippen molar-refractivity contribution < 1.29 is 4.79 Å². The lowest BCUT2D eigenvalue weighted by Crippen LogP contribution is -2.31. The second-order valence-corrected chi connectivity index (χ2v) is 7.99. The van der Waals surface area contributed by atoms with Crippen molar-refractivity contribution in [3.63, 3.8) is 0 Å². The molecule has 154 valence electrons. The van der Waals surface area contributed by atoms with Crippen molar-refractivity contribution in [3.05, 3.63) is 101 Å². The van der Waals surface area contributed by atoms with E-state index in [1.165, 1.54) is 11.1 Å². The Morgan fingerprint density at radius 2 is 1.81 bits per heavy atom. The van der Waals surface area contributed by atoms with E-state index in [9.17, 15) is 4.79 Å². The number of carbonyl (C=O) groups excluding carboxylic acids is 1. The fourth-order valence-electron chi connectivity index (χ4n) is 4.25. The monoisotopic (exact) mass is 408 g/mol. The third-order valence-electron chi connectivity index (χ3n) is 5.76. The number of benzene rings is 3. The van der Waals surface area contributed by atoms with Crippen LogP contribution in [0.15, 0.2) is 78.9 Å². The number of amides is 1. The van der Waals surface area contributed by atoms with E-state index in [0.717, 1.165) is 36.1 Å². The Hall–Kier alpha value is -3.73. The Bertz CT molecular complexity index is 1230. The summed E-state index contributed by atoms with van der Waals surface area (Å²) in [5.41, 5.74) is 5.43. The van der Waals surface area contributed by atoms with Crippen LogP contribution in [0.2, 0.25) is 0 Å². The number of aryl methyl sites for hydroxylation is 2. The lowest BCUT2D eigenvalue weighted by molar-refractivity contribution is 0.0922. The maximum absolute atomic E-state index is 13.2. The molecule has 0 aliphatic heterocycles. The molecule has 0 radical (unpaired) electrons. The summed E-state index contributed by atoms with van der Waals surface area (Å²) < 4.78 is 1.76. The van der Waals surface area contributed by atoms with Gasteiger partial charge in [-0.05, 0) is 55.0 Å². The Kier molecular flexibility index (Phi) is 5.08. The Morgan fingerprint density at radius 1 is 1.00 bits per heavy atom. The highest BCUT2D eigenvalue weighted by molar-refractivity contribution is 5.91. The zero-order valence-electron chi connectivity index (χ0n) is 17.5. The van der Waals surface area contributed by atoms with Crippen LogP contribution in [0.4, 0.5) is 0 Å². The summed E-state index contributed by atoms with van der Waals surface area (Å²) in [6.45, 7) is 2.04. The van der Waals surface area contributed by atoms with Crippen LogP contribution in [0.3, 0.4) is 0 Å². The van der Waals surface area contributed by atoms with Gasteiger partial charge in [-0.2, -0.15) is 0 Å². The summed E-state index contributed by atoms with van der Waals surface area (Å²) in [7, 11) is 0. The van der Waals surface area contributed by atoms with Crippen molar-refractivity contribution in [1.29, 1.82) is 0 Å². The summed E-state index contributed by atoms with van der Waals surface area (Å²) in [6, 6.07) is 26.2. The van der Waals surface area contributed by atoms with Crippen LogP contribution >= 0.6 is 0 Å². The molecule has 1 aliphatic carbocycles. The normalized spacial score (nSPS) is 15.3. The molecule has 1 aromatic heterocycles. The second-order valence-electron chi connectivity index (χ2n) is 7.99. The van der Waals surface area contributed by atoms with E-state index in [0.29, 0.717) is 5.82 Å². The van der Waals surface area contributed by atoms with Gasteiger partial charge in [0.15, 0.2) is 5.82 Å². The molecule has 5 heteroatoms. The predicted octanol–water partition coefficient (Wildman–Crippen LogP) is 5.05. The van der Waals surface area contributed by atoms with Crippen molar-refractivity contribution in [1.82, 2.24) is 20.1 Å². The van der Waals surface area contributed by atoms with Gasteiger partial charge in [0, 0.05) is 5.56 Å². The minimum Gasteiger partial charge on any atom is -0.342 e. The van der Waals surface area contributed by atoms with E-state index < -0.39 is 0 Å². The molecule has 1 amide bonds. The molecular weight excluding hydrogens is 384 g/mol. The average Bonchev–Trinajstić information content (AvgIpc) is 3.26. The quantitative estimate of drug-likeness (QED) is 0.514. The molecular formula is C26H24N4O. The van der Waals surface area contributed by atoms with Gasteiger partial charge >= 0.3 is 0 Å². The Labute approximate surface area is 181 Å². The highest BCUT2D eigenvalue weighted by Crippen LogP contribution is 2.30. The first-order valence-electron chi connectivity index (χ1n) is 10.7. The number of nitrogens with one attached hydrogen (secondary N) is 1. The molecule has 1 heterocycles. The molecule has 0 saturated heterocycles. The molecule has 0 saturated carbocycles. The number of aromatic nitrogens is 3. The fraction of sp³-hybridized carbons (Fsp3) is 0.192. The maximum atomic E-state index is 13.2. The maximum Gasteiger partial charge on any atom is 0.291 e. The molecule has 0 fully saturated rings. The summed E-state index contributed by atoms with van der Waals surface area (Å²) in [6.07, 6.45) is 3.04. The molecule has 3 aromatic carbocycles. The number of fused-ring (bicyclic) bond motifs is 1. The number of hydrogen-bond donors (Lipinski definition) is 1. The lowest BCUT2D eigenvalue weighted by Gasteiger charge is -2.25. The van der Waals surface area contributed by atoms with Crippen molar-refractivity contribution in [2.75, 3.05) is 0 Å². The Morgan fingerprint density at radius 3 is 2.65 bits per heavy atom. The summed E-state index contributed by atoms with van der Waals surface area (Å²) in [5.74, 6) is 0.592. The van der Waals surface area contributed by atoms with E-state index in [1.807, 2.05) is 67.6 Å². The molecule has 4 aromatic rings. The first-order valence-corrected chi connectivity index (χ1v) is 10.7. The zero-order valence-corrected chi connectivity index (χ0v) is 17.5. The smallest absolute Gasteiger partial charge is 0.291 e. The van der Waals surface area contributed by atoms with Crippen molar-refractivity contribution in [2.45, 2.75) is 32.2 Å². The van der Waals surface area contributed by atoms with Crippen LogP contribution in [0.25, 0.3) is 17.1 Å². The minimum atomic E-state index is -0.245. The first-order chi connectivity index (χ1) is 15.2. The SMILES string of the molecule is Cc1cccc(-n2nc(C(=O)NC3CCCc4ccccc43)nc2-c2ccccc2)c1. The van der Waals surface area contributed by atoms with E-state index in [2.05, 4.69) is 33.6 Å². The van der Waals surface area contributed by atoms with Crippen LogP contribution in [-0.4, -0.2) is 20.7 Å². The lowest BCUT2D eigenvalue weighted by atomic mass is 9.88. The van der Waals surface area contributed by atoms with Gasteiger partial charge in [0.25, 0.3) is 5.91 Å². The highest BCUT2D eigenvalue weighted by Gasteiger charge is 2.25. The van der Waals surface area contributed by atoms with Crippen LogP contribution < -0.4 is 5.32 Å². The Balaban J connectivity index is 1.51. The van der Waals surface area contributed by atoms with Crippen LogP contribution in [0, 0.1) is 6.92 Å². The van der Waals surface area contributed by atoms with Crippen LogP contribution in [0.1, 0.15) is 46.2 Å². The second kappa shape index (κ2) is 8.19. The summed E-state index contributed by atoms with van der Waals surface area (Å²) in [5, 5.41) is 7.78. The molecule has 1 atom stereocenters. The molecule has 1 aliphatic rings.